The largest absolute Gasteiger partial charge is 1.00 e. The van der Waals surface area contributed by atoms with Crippen LogP contribution in [0.4, 0.5) is 0 Å². The van der Waals surface area contributed by atoms with Crippen LogP contribution in [0.15, 0.2) is 41.4 Å². The van der Waals surface area contributed by atoms with Crippen molar-refractivity contribution in [1.82, 2.24) is 0 Å². The molecule has 0 aromatic heterocycles. The molecule has 0 saturated carbocycles. The molecule has 2 aliphatic carbocycles. The normalized spacial score (nSPS) is 19.8. The summed E-state index contributed by atoms with van der Waals surface area (Å²) in [5, 5.41) is 18.2. The van der Waals surface area contributed by atoms with Crippen molar-refractivity contribution < 1.29 is 67.7 Å². The van der Waals surface area contributed by atoms with Gasteiger partial charge in [0.2, 0.25) is 0 Å². The van der Waals surface area contributed by atoms with E-state index in [9.17, 15) is 0 Å². The van der Waals surface area contributed by atoms with Crippen LogP contribution in [0.2, 0.25) is 0 Å². The van der Waals surface area contributed by atoms with Gasteiger partial charge in [-0.1, -0.05) is 0 Å². The minimum atomic E-state index is -0.917. The molecule has 0 fully saturated rings. The molecule has 0 unspecified atom stereocenters. The maximum atomic E-state index is 9.08. The van der Waals surface area contributed by atoms with Gasteiger partial charge in [0.15, 0.2) is 0 Å². The molecular weight excluding hydrogens is 430 g/mol. The van der Waals surface area contributed by atoms with E-state index in [1.54, 1.807) is 0 Å². The Bertz CT molecular complexity index is 556. The zero-order chi connectivity index (χ0) is 15.7. The molecular formula is C17H22Cl2O4Zr. The smallest absolute Gasteiger partial charge is 1.00 e. The molecule has 7 heteroatoms. The first kappa shape index (κ1) is 22.0. The molecule has 24 heavy (non-hydrogen) atoms. The Morgan fingerprint density at radius 2 is 1.33 bits per heavy atom. The molecule has 4 nitrogen and oxygen atoms in total. The van der Waals surface area contributed by atoms with E-state index in [0.29, 0.717) is 13.2 Å². The molecule has 0 radical (unpaired) electrons. The summed E-state index contributed by atoms with van der Waals surface area (Å²) in [5.41, 5.74) is 2.29. The average molecular weight is 452 g/mol. The van der Waals surface area contributed by atoms with Crippen molar-refractivity contribution in [1.29, 1.82) is 0 Å². The van der Waals surface area contributed by atoms with Gasteiger partial charge in [0.1, 0.15) is 0 Å². The first-order chi connectivity index (χ1) is 10.6. The number of hydrogen-bond donors (Lipinski definition) is 2. The summed E-state index contributed by atoms with van der Waals surface area (Å²) in [6, 6.07) is 0. The molecule has 132 valence electrons. The van der Waals surface area contributed by atoms with E-state index >= 15 is 0 Å². The van der Waals surface area contributed by atoms with Gasteiger partial charge in [0.25, 0.3) is 0 Å². The van der Waals surface area contributed by atoms with Gasteiger partial charge in [0, 0.05) is 0 Å². The average Bonchev–Trinajstić information content (AvgIpc) is 3.09. The standard InChI is InChI=1S/C17H22O4.2ClH.Zr/c1-17(2,13-5-3-7-15(13)20-11-9-18)14-6-4-8-16(14)21-12-10-19;;;/h5-6,18-19H,3-4,9-12H2,1-2H3;2*1H;/q;;;+2/p-2. The quantitative estimate of drug-likeness (QED) is 0.435. The number of aliphatic hydroxyl groups is 2. The number of hydrogen-bond acceptors (Lipinski definition) is 4. The van der Waals surface area contributed by atoms with Crippen LogP contribution in [-0.4, -0.2) is 36.6 Å². The van der Waals surface area contributed by atoms with Crippen molar-refractivity contribution in [3.63, 3.8) is 0 Å². The van der Waals surface area contributed by atoms with E-state index in [-0.39, 0.29) is 43.4 Å². The van der Waals surface area contributed by atoms with Gasteiger partial charge in [-0.3, -0.25) is 0 Å². The predicted molar refractivity (Wildman–Crippen MR) is 79.3 cm³/mol. The van der Waals surface area contributed by atoms with E-state index < -0.39 is 23.2 Å². The Morgan fingerprint density at radius 3 is 1.71 bits per heavy atom. The van der Waals surface area contributed by atoms with Gasteiger partial charge in [-0.25, -0.2) is 0 Å². The second-order valence-corrected chi connectivity index (χ2v) is 9.73. The maximum Gasteiger partial charge on any atom is -1.00 e. The summed E-state index contributed by atoms with van der Waals surface area (Å²) >= 11 is -0.917. The van der Waals surface area contributed by atoms with Crippen molar-refractivity contribution in [2.24, 2.45) is 5.41 Å². The summed E-state index contributed by atoms with van der Waals surface area (Å²) in [7, 11) is 0. The number of rotatable bonds is 6. The molecule has 0 aromatic carbocycles. The third-order valence-electron chi connectivity index (χ3n) is 4.38. The Balaban J connectivity index is 0.00000144. The van der Waals surface area contributed by atoms with E-state index in [0.717, 1.165) is 24.4 Å². The van der Waals surface area contributed by atoms with Gasteiger partial charge in [-0.05, 0) is 0 Å². The van der Waals surface area contributed by atoms with Gasteiger partial charge in [0.05, 0.1) is 0 Å². The first-order valence-corrected chi connectivity index (χ1v) is 10.2. The van der Waals surface area contributed by atoms with Crippen LogP contribution in [-0.2, 0) is 32.7 Å². The monoisotopic (exact) mass is 450 g/mol. The summed E-state index contributed by atoms with van der Waals surface area (Å²) in [6.07, 6.45) is 6.54. The van der Waals surface area contributed by atoms with Gasteiger partial charge < -0.3 is 24.8 Å². The molecule has 0 amide bonds. The second kappa shape index (κ2) is 9.05. The van der Waals surface area contributed by atoms with Gasteiger partial charge in [-0.2, -0.15) is 0 Å². The molecule has 3 aliphatic rings. The van der Waals surface area contributed by atoms with Crippen LogP contribution in [0.1, 0.15) is 26.7 Å². The van der Waals surface area contributed by atoms with Crippen molar-refractivity contribution in [3.05, 3.63) is 41.4 Å². The fourth-order valence-corrected chi connectivity index (χ4v) is 6.82. The van der Waals surface area contributed by atoms with Crippen LogP contribution in [0.3, 0.4) is 0 Å². The van der Waals surface area contributed by atoms with Crippen LogP contribution in [0.5, 0.6) is 0 Å². The number of aliphatic hydroxyl groups excluding tert-OH is 2. The summed E-state index contributed by atoms with van der Waals surface area (Å²) in [4.78, 5) is 0. The minimum Gasteiger partial charge on any atom is -1.00 e. The van der Waals surface area contributed by atoms with Crippen LogP contribution < -0.4 is 24.8 Å². The van der Waals surface area contributed by atoms with Crippen LogP contribution >= 0.6 is 0 Å². The number of ether oxygens (including phenoxy) is 2. The number of allylic oxidation sites excluding steroid dienone is 6. The zero-order valence-corrected chi connectivity index (χ0v) is 17.8. The fraction of sp³-hybridized carbons (Fsp3) is 0.529. The molecule has 3 rings (SSSR count). The molecule has 1 aliphatic heterocycles. The van der Waals surface area contributed by atoms with E-state index in [1.165, 1.54) is 17.7 Å². The Hall–Kier alpha value is -0.0569. The van der Waals surface area contributed by atoms with Crippen molar-refractivity contribution in [2.75, 3.05) is 26.4 Å². The third-order valence-corrected chi connectivity index (χ3v) is 7.99. The maximum absolute atomic E-state index is 9.08. The summed E-state index contributed by atoms with van der Waals surface area (Å²) in [6.45, 7) is 5.22. The van der Waals surface area contributed by atoms with Gasteiger partial charge in [-0.15, -0.1) is 0 Å². The summed E-state index contributed by atoms with van der Waals surface area (Å²) in [5.74, 6) is 2.08. The molecule has 0 atom stereocenters. The minimum absolute atomic E-state index is 0. The number of halogens is 2. The van der Waals surface area contributed by atoms with Crippen molar-refractivity contribution >= 4 is 0 Å². The van der Waals surface area contributed by atoms with Crippen molar-refractivity contribution in [2.45, 2.75) is 26.7 Å². The molecule has 0 spiro atoms. The zero-order valence-electron chi connectivity index (χ0n) is 13.9. The SMILES string of the molecule is CC1(C)C2=CC[C](=C2OCCO)[Zr+2][C]2=C(OCCO)C1=CC2.[Cl-].[Cl-]. The van der Waals surface area contributed by atoms with Crippen LogP contribution in [0.25, 0.3) is 0 Å². The Labute approximate surface area is 167 Å². The second-order valence-electron chi connectivity index (χ2n) is 6.15. The third kappa shape index (κ3) is 3.86. The molecule has 0 aromatic rings. The molecule has 0 saturated heterocycles. The summed E-state index contributed by atoms with van der Waals surface area (Å²) < 4.78 is 14.7. The van der Waals surface area contributed by atoms with Crippen LogP contribution in [0, 0.1) is 5.41 Å². The molecule has 4 bridgehead atoms. The Morgan fingerprint density at radius 1 is 0.917 bits per heavy atom. The van der Waals surface area contributed by atoms with E-state index in [2.05, 4.69) is 26.0 Å². The van der Waals surface area contributed by atoms with E-state index in [1.807, 2.05) is 0 Å². The fourth-order valence-electron chi connectivity index (χ4n) is 3.35. The first-order valence-electron chi connectivity index (χ1n) is 7.72. The Kier molecular flexibility index (Phi) is 8.29. The molecule has 1 heterocycles. The van der Waals surface area contributed by atoms with E-state index in [4.69, 9.17) is 19.7 Å². The molecule has 2 N–H and O–H groups in total. The number of fused-ring (bicyclic) bond motifs is 2. The topological polar surface area (TPSA) is 58.9 Å². The predicted octanol–water partition coefficient (Wildman–Crippen LogP) is -3.78. The van der Waals surface area contributed by atoms with Crippen molar-refractivity contribution in [3.8, 4) is 0 Å². The van der Waals surface area contributed by atoms with Gasteiger partial charge >= 0.3 is 143 Å².